The molecule has 4 rings (SSSR count). The van der Waals surface area contributed by atoms with E-state index in [4.69, 9.17) is 9.47 Å². The molecule has 0 aliphatic rings. The maximum Gasteiger partial charge on any atom is 0.318 e. The summed E-state index contributed by atoms with van der Waals surface area (Å²) in [4.78, 5) is 15.3. The van der Waals surface area contributed by atoms with Crippen LogP contribution >= 0.6 is 11.8 Å². The summed E-state index contributed by atoms with van der Waals surface area (Å²) in [6.07, 6.45) is 1.93. The van der Waals surface area contributed by atoms with E-state index in [2.05, 4.69) is 15.2 Å². The zero-order chi connectivity index (χ0) is 21.1. The van der Waals surface area contributed by atoms with Crippen LogP contribution < -0.4 is 4.74 Å². The van der Waals surface area contributed by atoms with Crippen molar-refractivity contribution >= 4 is 28.6 Å². The second-order valence-corrected chi connectivity index (χ2v) is 7.91. The van der Waals surface area contributed by atoms with Crippen LogP contribution in [0.4, 0.5) is 0 Å². The average molecular weight is 423 g/mol. The van der Waals surface area contributed by atoms with Crippen LogP contribution in [0.2, 0.25) is 0 Å². The summed E-state index contributed by atoms with van der Waals surface area (Å²) in [5, 5.41) is 10.1. The molecule has 2 aromatic carbocycles. The molecular weight excluding hydrogens is 400 g/mol. The first-order valence-corrected chi connectivity index (χ1v) is 10.5. The summed E-state index contributed by atoms with van der Waals surface area (Å²) >= 11 is 1.31. The van der Waals surface area contributed by atoms with E-state index in [-0.39, 0.29) is 5.97 Å². The van der Waals surface area contributed by atoms with Gasteiger partial charge in [-0.15, -0.1) is 10.2 Å². The lowest BCUT2D eigenvalue weighted by atomic mass is 10.1. The average Bonchev–Trinajstić information content (AvgIpc) is 3.38. The molecule has 154 valence electrons. The number of hydrogen-bond acceptors (Lipinski definition) is 6. The van der Waals surface area contributed by atoms with Crippen molar-refractivity contribution in [3.63, 3.8) is 0 Å². The highest BCUT2D eigenvalue weighted by molar-refractivity contribution is 8.00. The molecule has 2 heterocycles. The third-order valence-electron chi connectivity index (χ3n) is 4.68. The third kappa shape index (κ3) is 3.78. The van der Waals surface area contributed by atoms with Gasteiger partial charge in [-0.25, -0.2) is 0 Å². The summed E-state index contributed by atoms with van der Waals surface area (Å²) in [5.41, 5.74) is 2.83. The molecule has 0 aliphatic heterocycles. The van der Waals surface area contributed by atoms with E-state index in [1.807, 2.05) is 66.2 Å². The zero-order valence-electron chi connectivity index (χ0n) is 17.0. The molecule has 0 radical (unpaired) electrons. The van der Waals surface area contributed by atoms with E-state index in [0.29, 0.717) is 17.6 Å². The minimum atomic E-state index is -0.420. The first-order valence-electron chi connectivity index (χ1n) is 9.62. The van der Waals surface area contributed by atoms with Crippen molar-refractivity contribution in [3.05, 3.63) is 54.7 Å². The molecule has 8 heteroatoms. The molecule has 0 fully saturated rings. The maximum absolute atomic E-state index is 12.0. The predicted octanol–water partition coefficient (Wildman–Crippen LogP) is 4.47. The van der Waals surface area contributed by atoms with Crippen molar-refractivity contribution in [2.75, 3.05) is 13.7 Å². The van der Waals surface area contributed by atoms with Crippen LogP contribution in [-0.2, 0) is 9.53 Å². The van der Waals surface area contributed by atoms with Gasteiger partial charge >= 0.3 is 5.97 Å². The Morgan fingerprint density at radius 1 is 1.17 bits per heavy atom. The zero-order valence-corrected chi connectivity index (χ0v) is 17.8. The van der Waals surface area contributed by atoms with Crippen molar-refractivity contribution in [2.45, 2.75) is 24.3 Å². The van der Waals surface area contributed by atoms with Gasteiger partial charge < -0.3 is 14.5 Å². The molecular formula is C22H22N4O3S. The van der Waals surface area contributed by atoms with Gasteiger partial charge in [-0.2, -0.15) is 0 Å². The number of nitrogens with one attached hydrogen (secondary N) is 1. The molecule has 0 unspecified atom stereocenters. The van der Waals surface area contributed by atoms with Crippen molar-refractivity contribution in [1.82, 2.24) is 19.7 Å². The lowest BCUT2D eigenvalue weighted by Crippen LogP contribution is -2.15. The van der Waals surface area contributed by atoms with Gasteiger partial charge in [0.15, 0.2) is 11.0 Å². The van der Waals surface area contributed by atoms with Crippen molar-refractivity contribution in [2.24, 2.45) is 0 Å². The summed E-state index contributed by atoms with van der Waals surface area (Å²) in [5.74, 6) is 1.17. The molecule has 0 spiro atoms. The number of rotatable bonds is 7. The van der Waals surface area contributed by atoms with Gasteiger partial charge in [0.1, 0.15) is 11.0 Å². The first kappa shape index (κ1) is 20.0. The maximum atomic E-state index is 12.0. The number of esters is 1. The monoisotopic (exact) mass is 422 g/mol. The second kappa shape index (κ2) is 8.62. The highest BCUT2D eigenvalue weighted by Crippen LogP contribution is 2.34. The van der Waals surface area contributed by atoms with Crippen LogP contribution in [0, 0.1) is 0 Å². The number of nitrogens with zero attached hydrogens (tertiary/aromatic N) is 3. The van der Waals surface area contributed by atoms with E-state index in [9.17, 15) is 4.79 Å². The number of hydrogen-bond donors (Lipinski definition) is 1. The van der Waals surface area contributed by atoms with Crippen LogP contribution in [-0.4, -0.2) is 44.7 Å². The number of H-pyrrole nitrogens is 1. The second-order valence-electron chi connectivity index (χ2n) is 6.60. The van der Waals surface area contributed by atoms with E-state index in [0.717, 1.165) is 27.9 Å². The standard InChI is InChI=1S/C22H22N4O3S/c1-4-29-16-11-9-15(10-12-16)26-20(18-13-23-19-8-6-5-7-17(18)19)24-25-22(26)30-14(2)21(27)28-3/h5-14,23H,4H2,1-3H3/t14-/m0/s1. The fourth-order valence-corrected chi connectivity index (χ4v) is 4.13. The number of aromatic amines is 1. The number of thioether (sulfide) groups is 1. The largest absolute Gasteiger partial charge is 0.494 e. The van der Waals surface area contributed by atoms with Crippen molar-refractivity contribution in [1.29, 1.82) is 0 Å². The molecule has 4 aromatic rings. The van der Waals surface area contributed by atoms with Gasteiger partial charge in [0.2, 0.25) is 0 Å². The Balaban J connectivity index is 1.83. The number of aromatic nitrogens is 4. The molecule has 1 atom stereocenters. The fourth-order valence-electron chi connectivity index (χ4n) is 3.24. The molecule has 30 heavy (non-hydrogen) atoms. The number of benzene rings is 2. The number of fused-ring (bicyclic) bond motifs is 1. The van der Waals surface area contributed by atoms with Gasteiger partial charge in [0.05, 0.1) is 13.7 Å². The summed E-state index contributed by atoms with van der Waals surface area (Å²) in [6.45, 7) is 4.34. The smallest absolute Gasteiger partial charge is 0.318 e. The van der Waals surface area contributed by atoms with Crippen molar-refractivity contribution in [3.8, 4) is 22.8 Å². The van der Waals surface area contributed by atoms with Crippen LogP contribution in [0.5, 0.6) is 5.75 Å². The summed E-state index contributed by atoms with van der Waals surface area (Å²) in [6, 6.07) is 15.8. The lowest BCUT2D eigenvalue weighted by Gasteiger charge is -2.13. The van der Waals surface area contributed by atoms with Gasteiger partial charge in [-0.05, 0) is 44.2 Å². The minimum Gasteiger partial charge on any atom is -0.494 e. The van der Waals surface area contributed by atoms with Gasteiger partial charge in [-0.3, -0.25) is 9.36 Å². The SMILES string of the molecule is CCOc1ccc(-n2c(S[C@@H](C)C(=O)OC)nnc2-c2c[nH]c3ccccc23)cc1. The van der Waals surface area contributed by atoms with Crippen molar-refractivity contribution < 1.29 is 14.3 Å². The third-order valence-corrected chi connectivity index (χ3v) is 5.71. The number of para-hydroxylation sites is 1. The molecule has 0 saturated carbocycles. The van der Waals surface area contributed by atoms with E-state index in [1.54, 1.807) is 6.92 Å². The van der Waals surface area contributed by atoms with E-state index >= 15 is 0 Å². The Kier molecular flexibility index (Phi) is 5.76. The normalized spacial score (nSPS) is 12.1. The molecule has 2 aromatic heterocycles. The molecule has 0 bridgehead atoms. The van der Waals surface area contributed by atoms with Crippen LogP contribution in [0.15, 0.2) is 59.9 Å². The van der Waals surface area contributed by atoms with Crippen LogP contribution in [0.3, 0.4) is 0 Å². The molecule has 0 amide bonds. The quantitative estimate of drug-likeness (QED) is 0.350. The summed E-state index contributed by atoms with van der Waals surface area (Å²) in [7, 11) is 1.38. The van der Waals surface area contributed by atoms with Gasteiger partial charge in [0.25, 0.3) is 0 Å². The Morgan fingerprint density at radius 3 is 2.67 bits per heavy atom. The van der Waals surface area contributed by atoms with Gasteiger partial charge in [-0.1, -0.05) is 30.0 Å². The lowest BCUT2D eigenvalue weighted by molar-refractivity contribution is -0.139. The van der Waals surface area contributed by atoms with Crippen LogP contribution in [0.25, 0.3) is 28.0 Å². The number of carbonyl (C=O) groups excluding carboxylic acids is 1. The fraction of sp³-hybridized carbons (Fsp3) is 0.227. The number of ether oxygens (including phenoxy) is 2. The Hall–Kier alpha value is -3.26. The Labute approximate surface area is 178 Å². The summed E-state index contributed by atoms with van der Waals surface area (Å²) < 4.78 is 12.4. The molecule has 0 aliphatic carbocycles. The Morgan fingerprint density at radius 2 is 1.93 bits per heavy atom. The topological polar surface area (TPSA) is 82.0 Å². The highest BCUT2D eigenvalue weighted by Gasteiger charge is 2.23. The predicted molar refractivity (Wildman–Crippen MR) is 117 cm³/mol. The highest BCUT2D eigenvalue weighted by atomic mass is 32.2. The Bertz CT molecular complexity index is 1170. The number of methoxy groups -OCH3 is 1. The van der Waals surface area contributed by atoms with Crippen LogP contribution in [0.1, 0.15) is 13.8 Å². The molecule has 7 nitrogen and oxygen atoms in total. The minimum absolute atomic E-state index is 0.310. The van der Waals surface area contributed by atoms with Gasteiger partial charge in [0, 0.05) is 28.4 Å². The van der Waals surface area contributed by atoms with E-state index < -0.39 is 5.25 Å². The molecule has 0 saturated heterocycles. The molecule has 1 N–H and O–H groups in total. The number of carbonyl (C=O) groups is 1. The van der Waals surface area contributed by atoms with E-state index in [1.165, 1.54) is 18.9 Å². The first-order chi connectivity index (χ1) is 14.6.